The average Bonchev–Trinajstić information content (AvgIpc) is 3.01. The summed E-state index contributed by atoms with van der Waals surface area (Å²) in [7, 11) is 1.92. The van der Waals surface area contributed by atoms with E-state index in [9.17, 15) is 9.90 Å². The fourth-order valence-electron chi connectivity index (χ4n) is 3.57. The van der Waals surface area contributed by atoms with Crippen LogP contribution in [-0.2, 0) is 11.8 Å². The zero-order valence-electron chi connectivity index (χ0n) is 18.9. The molecule has 2 N–H and O–H groups in total. The number of fused-ring (bicyclic) bond motifs is 1. The van der Waals surface area contributed by atoms with Gasteiger partial charge in [-0.1, -0.05) is 26.0 Å². The summed E-state index contributed by atoms with van der Waals surface area (Å²) < 4.78 is 13.0. The molecule has 31 heavy (non-hydrogen) atoms. The molecule has 0 aliphatic heterocycles. The minimum absolute atomic E-state index is 0.142. The third kappa shape index (κ3) is 5.20. The molecule has 0 saturated heterocycles. The van der Waals surface area contributed by atoms with Crippen LogP contribution in [0.5, 0.6) is 5.75 Å². The quantitative estimate of drug-likeness (QED) is 0.490. The van der Waals surface area contributed by atoms with E-state index in [1.807, 2.05) is 48.9 Å². The first-order valence-electron chi connectivity index (χ1n) is 10.7. The zero-order chi connectivity index (χ0) is 22.5. The number of aryl methyl sites for hydroxylation is 1. The average molecular weight is 425 g/mol. The Bertz CT molecular complexity index is 1040. The van der Waals surface area contributed by atoms with Crippen LogP contribution in [0.25, 0.3) is 10.9 Å². The third-order valence-electron chi connectivity index (χ3n) is 5.50. The van der Waals surface area contributed by atoms with Crippen LogP contribution in [-0.4, -0.2) is 41.5 Å². The van der Waals surface area contributed by atoms with E-state index in [0.717, 1.165) is 22.3 Å². The SMILES string of the molecule is CCOC(=O)c1c(C)n(C)c2ccc(OC[C@@H](O)CNc3ccc(C(C)C)cc3)cc12. The van der Waals surface area contributed by atoms with Crippen molar-refractivity contribution in [2.45, 2.75) is 39.7 Å². The largest absolute Gasteiger partial charge is 0.491 e. The van der Waals surface area contributed by atoms with Gasteiger partial charge in [-0.2, -0.15) is 0 Å². The number of benzene rings is 2. The Morgan fingerprint density at radius 1 is 1.16 bits per heavy atom. The summed E-state index contributed by atoms with van der Waals surface area (Å²) in [5.41, 5.74) is 4.57. The van der Waals surface area contributed by atoms with Gasteiger partial charge in [-0.25, -0.2) is 4.79 Å². The fourth-order valence-corrected chi connectivity index (χ4v) is 3.57. The van der Waals surface area contributed by atoms with Crippen LogP contribution in [0.2, 0.25) is 0 Å². The second-order valence-electron chi connectivity index (χ2n) is 8.04. The molecular formula is C25H32N2O4. The first-order chi connectivity index (χ1) is 14.8. The minimum atomic E-state index is -0.678. The second-order valence-corrected chi connectivity index (χ2v) is 8.04. The summed E-state index contributed by atoms with van der Waals surface area (Å²) in [5, 5.41) is 14.3. The number of carbonyl (C=O) groups excluding carboxylic acids is 1. The summed E-state index contributed by atoms with van der Waals surface area (Å²) in [6, 6.07) is 13.8. The number of nitrogens with one attached hydrogen (secondary N) is 1. The lowest BCUT2D eigenvalue weighted by Crippen LogP contribution is -2.26. The number of hydrogen-bond acceptors (Lipinski definition) is 5. The summed E-state index contributed by atoms with van der Waals surface area (Å²) in [5.74, 6) is 0.752. The molecule has 166 valence electrons. The topological polar surface area (TPSA) is 72.7 Å². The first kappa shape index (κ1) is 22.7. The standard InChI is InChI=1S/C25H32N2O4/c1-6-30-25(29)24-17(4)27(5)23-12-11-21(13-22(23)24)31-15-20(28)14-26-19-9-7-18(8-10-19)16(2)3/h7-13,16,20,26,28H,6,14-15H2,1-5H3/t20-/m0/s1. The summed E-state index contributed by atoms with van der Waals surface area (Å²) in [6.45, 7) is 8.85. The van der Waals surface area contributed by atoms with Gasteiger partial charge in [0.05, 0.1) is 12.2 Å². The first-order valence-corrected chi connectivity index (χ1v) is 10.7. The van der Waals surface area contributed by atoms with Crippen molar-refractivity contribution in [3.63, 3.8) is 0 Å². The summed E-state index contributed by atoms with van der Waals surface area (Å²) in [6.07, 6.45) is -0.678. The van der Waals surface area contributed by atoms with E-state index in [1.165, 1.54) is 5.56 Å². The highest BCUT2D eigenvalue weighted by Gasteiger charge is 2.20. The molecule has 0 fully saturated rings. The molecule has 3 aromatic rings. The van der Waals surface area contributed by atoms with Gasteiger partial charge < -0.3 is 24.5 Å². The molecule has 0 aliphatic carbocycles. The molecule has 1 heterocycles. The molecule has 1 aromatic heterocycles. The molecule has 6 nitrogen and oxygen atoms in total. The van der Waals surface area contributed by atoms with Crippen molar-refractivity contribution in [1.29, 1.82) is 0 Å². The number of esters is 1. The van der Waals surface area contributed by atoms with Crippen molar-refractivity contribution in [1.82, 2.24) is 4.57 Å². The number of carbonyl (C=O) groups is 1. The number of aliphatic hydroxyl groups is 1. The Morgan fingerprint density at radius 3 is 2.52 bits per heavy atom. The molecule has 0 aliphatic rings. The molecule has 0 saturated carbocycles. The van der Waals surface area contributed by atoms with E-state index >= 15 is 0 Å². The van der Waals surface area contributed by atoms with Gasteiger partial charge >= 0.3 is 5.97 Å². The Hall–Kier alpha value is -2.99. The van der Waals surface area contributed by atoms with Gasteiger partial charge in [-0.05, 0) is 55.7 Å². The molecule has 6 heteroatoms. The smallest absolute Gasteiger partial charge is 0.340 e. The molecule has 2 aromatic carbocycles. The Kier molecular flexibility index (Phi) is 7.23. The van der Waals surface area contributed by atoms with Crippen molar-refractivity contribution in [2.24, 2.45) is 7.05 Å². The van der Waals surface area contributed by atoms with E-state index in [1.54, 1.807) is 6.92 Å². The van der Waals surface area contributed by atoms with Gasteiger partial charge in [0, 0.05) is 35.9 Å². The molecule has 1 atom stereocenters. The maximum absolute atomic E-state index is 12.4. The van der Waals surface area contributed by atoms with Crippen LogP contribution in [0.1, 0.15) is 48.3 Å². The molecule has 0 radical (unpaired) electrons. The lowest BCUT2D eigenvalue weighted by molar-refractivity contribution is 0.0527. The Morgan fingerprint density at radius 2 is 1.87 bits per heavy atom. The predicted octanol–water partition coefficient (Wildman–Crippen LogP) is 4.64. The Balaban J connectivity index is 1.63. The molecule has 3 rings (SSSR count). The number of rotatable bonds is 9. The van der Waals surface area contributed by atoms with Gasteiger partial charge in [-0.15, -0.1) is 0 Å². The van der Waals surface area contributed by atoms with Crippen molar-refractivity contribution < 1.29 is 19.4 Å². The highest BCUT2D eigenvalue weighted by Crippen LogP contribution is 2.29. The predicted molar refractivity (Wildman–Crippen MR) is 124 cm³/mol. The zero-order valence-corrected chi connectivity index (χ0v) is 18.9. The number of nitrogens with zero attached hydrogens (tertiary/aromatic N) is 1. The lowest BCUT2D eigenvalue weighted by atomic mass is 10.0. The number of aromatic nitrogens is 1. The summed E-state index contributed by atoms with van der Waals surface area (Å²) >= 11 is 0. The monoisotopic (exact) mass is 424 g/mol. The molecule has 0 amide bonds. The third-order valence-corrected chi connectivity index (χ3v) is 5.50. The lowest BCUT2D eigenvalue weighted by Gasteiger charge is -2.15. The number of aliphatic hydroxyl groups excluding tert-OH is 1. The van der Waals surface area contributed by atoms with Crippen LogP contribution in [0.4, 0.5) is 5.69 Å². The van der Waals surface area contributed by atoms with E-state index in [2.05, 4.69) is 31.3 Å². The highest BCUT2D eigenvalue weighted by molar-refractivity contribution is 6.06. The van der Waals surface area contributed by atoms with Crippen molar-refractivity contribution in [3.8, 4) is 5.75 Å². The number of ether oxygens (including phenoxy) is 2. The Labute approximate surface area is 183 Å². The number of anilines is 1. The van der Waals surface area contributed by atoms with Crippen molar-refractivity contribution in [2.75, 3.05) is 25.1 Å². The number of hydrogen-bond donors (Lipinski definition) is 2. The van der Waals surface area contributed by atoms with Gasteiger partial charge in [0.25, 0.3) is 0 Å². The molecule has 0 spiro atoms. The van der Waals surface area contributed by atoms with E-state index < -0.39 is 6.10 Å². The van der Waals surface area contributed by atoms with Crippen LogP contribution in [0.3, 0.4) is 0 Å². The fraction of sp³-hybridized carbons (Fsp3) is 0.400. The van der Waals surface area contributed by atoms with Gasteiger partial charge in [-0.3, -0.25) is 0 Å². The van der Waals surface area contributed by atoms with E-state index in [0.29, 0.717) is 30.4 Å². The van der Waals surface area contributed by atoms with Crippen LogP contribution in [0, 0.1) is 6.92 Å². The minimum Gasteiger partial charge on any atom is -0.491 e. The van der Waals surface area contributed by atoms with Crippen LogP contribution in [0.15, 0.2) is 42.5 Å². The molecule has 0 unspecified atom stereocenters. The summed E-state index contributed by atoms with van der Waals surface area (Å²) in [4.78, 5) is 12.4. The van der Waals surface area contributed by atoms with E-state index in [-0.39, 0.29) is 12.6 Å². The maximum atomic E-state index is 12.4. The van der Waals surface area contributed by atoms with Crippen LogP contribution < -0.4 is 10.1 Å². The van der Waals surface area contributed by atoms with Gasteiger partial charge in [0.1, 0.15) is 18.5 Å². The second kappa shape index (κ2) is 9.88. The van der Waals surface area contributed by atoms with Gasteiger partial charge in [0.2, 0.25) is 0 Å². The van der Waals surface area contributed by atoms with Gasteiger partial charge in [0.15, 0.2) is 0 Å². The van der Waals surface area contributed by atoms with Crippen molar-refractivity contribution >= 4 is 22.6 Å². The van der Waals surface area contributed by atoms with Crippen molar-refractivity contribution in [3.05, 3.63) is 59.3 Å². The van der Waals surface area contributed by atoms with Crippen LogP contribution >= 0.6 is 0 Å². The maximum Gasteiger partial charge on any atom is 0.340 e. The molecule has 0 bridgehead atoms. The van der Waals surface area contributed by atoms with E-state index in [4.69, 9.17) is 9.47 Å². The molecular weight excluding hydrogens is 392 g/mol. The normalized spacial score (nSPS) is 12.2. The highest BCUT2D eigenvalue weighted by atomic mass is 16.5.